The van der Waals surface area contributed by atoms with Gasteiger partial charge in [0.1, 0.15) is 10.8 Å². The van der Waals surface area contributed by atoms with E-state index in [1.807, 2.05) is 6.92 Å². The number of ether oxygens (including phenoxy) is 1. The quantitative estimate of drug-likeness (QED) is 0.704. The summed E-state index contributed by atoms with van der Waals surface area (Å²) in [5.74, 6) is 0.922. The lowest BCUT2D eigenvalue weighted by atomic mass is 10.3. The summed E-state index contributed by atoms with van der Waals surface area (Å²) in [6.45, 7) is 2.18. The van der Waals surface area contributed by atoms with Crippen molar-refractivity contribution in [3.63, 3.8) is 0 Å². The number of aryl methyl sites for hydroxylation is 1. The van der Waals surface area contributed by atoms with Gasteiger partial charge in [0.05, 0.1) is 5.02 Å². The maximum absolute atomic E-state index is 11.8. The smallest absolute Gasteiger partial charge is 0.257 e. The Hall–Kier alpha value is -1.90. The molecule has 0 unspecified atom stereocenters. The van der Waals surface area contributed by atoms with E-state index in [1.165, 1.54) is 11.3 Å². The Balaban J connectivity index is 1.45. The molecule has 0 saturated heterocycles. The summed E-state index contributed by atoms with van der Waals surface area (Å²) in [7, 11) is 0. The van der Waals surface area contributed by atoms with Crippen LogP contribution < -0.4 is 10.1 Å². The number of carbonyl (C=O) groups excluding carboxylic acids is 1. The SMILES string of the molecule is Cc1nnc2sc(CCNC(=O)COc3ccc(Cl)cc3Cl)nn12. The van der Waals surface area contributed by atoms with Gasteiger partial charge in [0, 0.05) is 18.0 Å². The van der Waals surface area contributed by atoms with E-state index in [9.17, 15) is 4.79 Å². The third kappa shape index (κ3) is 3.95. The minimum absolute atomic E-state index is 0.119. The lowest BCUT2D eigenvalue weighted by Crippen LogP contribution is -2.30. The number of rotatable bonds is 6. The highest BCUT2D eigenvalue weighted by molar-refractivity contribution is 7.16. The van der Waals surface area contributed by atoms with E-state index < -0.39 is 0 Å². The molecule has 1 N–H and O–H groups in total. The first-order valence-electron chi connectivity index (χ1n) is 7.05. The van der Waals surface area contributed by atoms with Crippen molar-refractivity contribution in [2.75, 3.05) is 13.2 Å². The third-order valence-electron chi connectivity index (χ3n) is 3.10. The molecule has 0 atom stereocenters. The maximum atomic E-state index is 11.8. The topological polar surface area (TPSA) is 81.4 Å². The molecular formula is C14H13Cl2N5O2S. The average Bonchev–Trinajstić information content (AvgIpc) is 3.08. The number of hydrogen-bond acceptors (Lipinski definition) is 6. The highest BCUT2D eigenvalue weighted by Gasteiger charge is 2.10. The fourth-order valence-corrected chi connectivity index (χ4v) is 3.29. The van der Waals surface area contributed by atoms with Crippen molar-refractivity contribution in [2.24, 2.45) is 0 Å². The monoisotopic (exact) mass is 385 g/mol. The molecule has 10 heteroatoms. The minimum atomic E-state index is -0.236. The van der Waals surface area contributed by atoms with Crippen molar-refractivity contribution >= 4 is 45.4 Å². The number of fused-ring (bicyclic) bond motifs is 1. The molecule has 126 valence electrons. The molecule has 0 saturated carbocycles. The lowest BCUT2D eigenvalue weighted by Gasteiger charge is -2.08. The number of aromatic nitrogens is 4. The molecule has 2 heterocycles. The highest BCUT2D eigenvalue weighted by atomic mass is 35.5. The number of halogens is 2. The molecule has 0 radical (unpaired) electrons. The molecule has 0 aliphatic carbocycles. The van der Waals surface area contributed by atoms with Gasteiger partial charge < -0.3 is 10.1 Å². The number of carbonyl (C=O) groups is 1. The predicted molar refractivity (Wildman–Crippen MR) is 92.1 cm³/mol. The van der Waals surface area contributed by atoms with Crippen molar-refractivity contribution < 1.29 is 9.53 Å². The number of nitrogens with zero attached hydrogens (tertiary/aromatic N) is 4. The molecule has 0 spiro atoms. The van der Waals surface area contributed by atoms with Gasteiger partial charge in [-0.15, -0.1) is 10.2 Å². The fourth-order valence-electron chi connectivity index (χ4n) is 1.95. The molecule has 0 aliphatic heterocycles. The van der Waals surface area contributed by atoms with E-state index in [2.05, 4.69) is 20.6 Å². The number of amides is 1. The average molecular weight is 386 g/mol. The van der Waals surface area contributed by atoms with Gasteiger partial charge in [-0.3, -0.25) is 4.79 Å². The number of nitrogens with one attached hydrogen (secondary N) is 1. The molecule has 3 rings (SSSR count). The largest absolute Gasteiger partial charge is 0.482 e. The molecule has 24 heavy (non-hydrogen) atoms. The predicted octanol–water partition coefficient (Wildman–Crippen LogP) is 2.54. The van der Waals surface area contributed by atoms with E-state index in [0.717, 1.165) is 15.8 Å². The van der Waals surface area contributed by atoms with Gasteiger partial charge in [0.25, 0.3) is 5.91 Å². The zero-order valence-corrected chi connectivity index (χ0v) is 15.0. The van der Waals surface area contributed by atoms with Crippen LogP contribution in [0.4, 0.5) is 0 Å². The van der Waals surface area contributed by atoms with Crippen LogP contribution in [0.2, 0.25) is 10.0 Å². The number of benzene rings is 1. The van der Waals surface area contributed by atoms with Crippen molar-refractivity contribution in [1.82, 2.24) is 25.1 Å². The summed E-state index contributed by atoms with van der Waals surface area (Å²) >= 11 is 13.2. The lowest BCUT2D eigenvalue weighted by molar-refractivity contribution is -0.123. The Morgan fingerprint density at radius 2 is 2.21 bits per heavy atom. The normalized spacial score (nSPS) is 11.0. The maximum Gasteiger partial charge on any atom is 0.257 e. The molecule has 0 fully saturated rings. The summed E-state index contributed by atoms with van der Waals surface area (Å²) in [4.78, 5) is 12.6. The fraction of sp³-hybridized carbons (Fsp3) is 0.286. The van der Waals surface area contributed by atoms with E-state index >= 15 is 0 Å². The summed E-state index contributed by atoms with van der Waals surface area (Å²) in [5.41, 5.74) is 0. The van der Waals surface area contributed by atoms with Gasteiger partial charge >= 0.3 is 0 Å². The van der Waals surface area contributed by atoms with Crippen LogP contribution in [0.3, 0.4) is 0 Å². The van der Waals surface area contributed by atoms with Gasteiger partial charge in [0.15, 0.2) is 12.4 Å². The number of hydrogen-bond donors (Lipinski definition) is 1. The molecule has 1 aromatic carbocycles. The summed E-state index contributed by atoms with van der Waals surface area (Å²) in [5, 5.41) is 16.8. The summed E-state index contributed by atoms with van der Waals surface area (Å²) < 4.78 is 7.06. The van der Waals surface area contributed by atoms with Crippen LogP contribution in [0.25, 0.3) is 4.96 Å². The van der Waals surface area contributed by atoms with E-state index in [4.69, 9.17) is 27.9 Å². The Bertz CT molecular complexity index is 879. The molecule has 3 aromatic rings. The summed E-state index contributed by atoms with van der Waals surface area (Å²) in [6.07, 6.45) is 0.612. The van der Waals surface area contributed by atoms with Gasteiger partial charge in [-0.25, -0.2) is 0 Å². The second-order valence-corrected chi connectivity index (χ2v) is 6.78. The second-order valence-electron chi connectivity index (χ2n) is 4.90. The van der Waals surface area contributed by atoms with Crippen LogP contribution in [-0.4, -0.2) is 38.9 Å². The molecule has 2 aromatic heterocycles. The van der Waals surface area contributed by atoms with E-state index in [-0.39, 0.29) is 12.5 Å². The van der Waals surface area contributed by atoms with Gasteiger partial charge in [-0.1, -0.05) is 34.5 Å². The molecule has 0 bridgehead atoms. The van der Waals surface area contributed by atoms with Crippen LogP contribution >= 0.6 is 34.5 Å². The highest BCUT2D eigenvalue weighted by Crippen LogP contribution is 2.27. The first-order chi connectivity index (χ1) is 11.5. The summed E-state index contributed by atoms with van der Waals surface area (Å²) in [6, 6.07) is 4.84. The first-order valence-corrected chi connectivity index (χ1v) is 8.62. The van der Waals surface area contributed by atoms with Crippen molar-refractivity contribution in [2.45, 2.75) is 13.3 Å². The van der Waals surface area contributed by atoms with Gasteiger partial charge in [0.2, 0.25) is 4.96 Å². The van der Waals surface area contributed by atoms with Gasteiger partial charge in [-0.05, 0) is 25.1 Å². The van der Waals surface area contributed by atoms with Gasteiger partial charge in [-0.2, -0.15) is 9.61 Å². The molecule has 1 amide bonds. The van der Waals surface area contributed by atoms with Crippen molar-refractivity contribution in [3.05, 3.63) is 39.1 Å². The Kier molecular flexibility index (Phi) is 5.17. The van der Waals surface area contributed by atoms with Crippen molar-refractivity contribution in [1.29, 1.82) is 0 Å². The second kappa shape index (κ2) is 7.33. The Labute approximate surface area is 151 Å². The third-order valence-corrected chi connectivity index (χ3v) is 4.59. The molecular weight excluding hydrogens is 373 g/mol. The minimum Gasteiger partial charge on any atom is -0.482 e. The van der Waals surface area contributed by atoms with Crippen LogP contribution in [0.15, 0.2) is 18.2 Å². The zero-order valence-electron chi connectivity index (χ0n) is 12.6. The van der Waals surface area contributed by atoms with E-state index in [0.29, 0.717) is 28.8 Å². The van der Waals surface area contributed by atoms with Crippen LogP contribution in [0, 0.1) is 6.92 Å². The first kappa shape index (κ1) is 16.9. The molecule has 0 aliphatic rings. The Morgan fingerprint density at radius 3 is 2.96 bits per heavy atom. The Morgan fingerprint density at radius 1 is 1.38 bits per heavy atom. The van der Waals surface area contributed by atoms with E-state index in [1.54, 1.807) is 22.7 Å². The standard InChI is InChI=1S/C14H13Cl2N5O2S/c1-8-18-19-14-21(8)20-13(24-14)4-5-17-12(22)7-23-11-3-2-9(15)6-10(11)16/h2-3,6H,4-5,7H2,1H3,(H,17,22). The van der Waals surface area contributed by atoms with Crippen molar-refractivity contribution in [3.8, 4) is 5.75 Å². The zero-order chi connectivity index (χ0) is 17.1. The van der Waals surface area contributed by atoms with Crippen LogP contribution in [-0.2, 0) is 11.2 Å². The molecule has 7 nitrogen and oxygen atoms in total. The van der Waals surface area contributed by atoms with Crippen LogP contribution in [0.1, 0.15) is 10.8 Å². The van der Waals surface area contributed by atoms with Crippen LogP contribution in [0.5, 0.6) is 5.75 Å².